The average Bonchev–Trinajstić information content (AvgIpc) is 2.57. The van der Waals surface area contributed by atoms with Gasteiger partial charge in [0.25, 0.3) is 0 Å². The number of hydrogen-bond acceptors (Lipinski definition) is 3. The highest BCUT2D eigenvalue weighted by molar-refractivity contribution is 6.35. The number of benzene rings is 1. The lowest BCUT2D eigenvalue weighted by Crippen LogP contribution is -2.04. The Morgan fingerprint density at radius 3 is 2.73 bits per heavy atom. The van der Waals surface area contributed by atoms with Crippen molar-refractivity contribution in [3.63, 3.8) is 0 Å². The minimum Gasteiger partial charge on any atom is -0.225 e. The first-order valence-corrected chi connectivity index (χ1v) is 5.09. The highest BCUT2D eigenvalue weighted by Crippen LogP contribution is 2.21. The molecule has 0 aliphatic rings. The van der Waals surface area contributed by atoms with Crippen molar-refractivity contribution in [3.05, 3.63) is 39.6 Å². The maximum Gasteiger partial charge on any atom is 0.148 e. The predicted molar refractivity (Wildman–Crippen MR) is 58.1 cm³/mol. The second kappa shape index (κ2) is 4.16. The molecule has 0 unspecified atom stereocenters. The van der Waals surface area contributed by atoms with Crippen molar-refractivity contribution in [2.24, 2.45) is 0 Å². The van der Waals surface area contributed by atoms with E-state index in [-0.39, 0.29) is 0 Å². The summed E-state index contributed by atoms with van der Waals surface area (Å²) in [4.78, 5) is 0. The number of tetrazole rings is 1. The van der Waals surface area contributed by atoms with Crippen molar-refractivity contribution in [3.8, 4) is 0 Å². The van der Waals surface area contributed by atoms with Gasteiger partial charge < -0.3 is 0 Å². The summed E-state index contributed by atoms with van der Waals surface area (Å²) in [5, 5.41) is 12.4. The molecule has 4 nitrogen and oxygen atoms in total. The van der Waals surface area contributed by atoms with E-state index in [0.717, 1.165) is 11.4 Å². The van der Waals surface area contributed by atoms with Gasteiger partial charge in [0.05, 0.1) is 6.54 Å². The first-order chi connectivity index (χ1) is 7.16. The Morgan fingerprint density at radius 1 is 1.33 bits per heavy atom. The second-order valence-electron chi connectivity index (χ2n) is 3.12. The summed E-state index contributed by atoms with van der Waals surface area (Å²) in [7, 11) is 0. The summed E-state index contributed by atoms with van der Waals surface area (Å²) in [6.45, 7) is 2.39. The predicted octanol–water partition coefficient (Wildman–Crippen LogP) is 2.34. The van der Waals surface area contributed by atoms with Crippen LogP contribution in [0.15, 0.2) is 18.2 Å². The van der Waals surface area contributed by atoms with Gasteiger partial charge >= 0.3 is 0 Å². The zero-order valence-corrected chi connectivity index (χ0v) is 9.50. The largest absolute Gasteiger partial charge is 0.225 e. The van der Waals surface area contributed by atoms with Crippen molar-refractivity contribution in [2.45, 2.75) is 13.5 Å². The Hall–Kier alpha value is -1.13. The van der Waals surface area contributed by atoms with Crippen LogP contribution in [0.1, 0.15) is 11.4 Å². The summed E-state index contributed by atoms with van der Waals surface area (Å²) in [5.41, 5.74) is 0.941. The Kier molecular flexibility index (Phi) is 2.88. The van der Waals surface area contributed by atoms with E-state index in [0.29, 0.717) is 16.6 Å². The molecule has 0 spiro atoms. The molecule has 1 aromatic carbocycles. The van der Waals surface area contributed by atoms with Crippen molar-refractivity contribution >= 4 is 23.2 Å². The van der Waals surface area contributed by atoms with Gasteiger partial charge in [0.1, 0.15) is 5.82 Å². The lowest BCUT2D eigenvalue weighted by atomic mass is 10.2. The zero-order valence-electron chi connectivity index (χ0n) is 7.98. The van der Waals surface area contributed by atoms with E-state index in [2.05, 4.69) is 15.5 Å². The van der Waals surface area contributed by atoms with Crippen molar-refractivity contribution in [2.75, 3.05) is 0 Å². The standard InChI is InChI=1S/C9H8Cl2N4/c1-6-12-13-14-15(6)5-7-2-3-8(10)4-9(7)11/h2-4H,5H2,1H3. The van der Waals surface area contributed by atoms with Crippen LogP contribution in [0.3, 0.4) is 0 Å². The van der Waals surface area contributed by atoms with Crippen LogP contribution in [0, 0.1) is 6.92 Å². The van der Waals surface area contributed by atoms with Crippen LogP contribution >= 0.6 is 23.2 Å². The summed E-state index contributed by atoms with van der Waals surface area (Å²) < 4.78 is 1.68. The highest BCUT2D eigenvalue weighted by Gasteiger charge is 2.05. The lowest BCUT2D eigenvalue weighted by molar-refractivity contribution is 0.633. The number of nitrogens with zero attached hydrogens (tertiary/aromatic N) is 4. The SMILES string of the molecule is Cc1nnnn1Cc1ccc(Cl)cc1Cl. The molecule has 0 aliphatic carbocycles. The fraction of sp³-hybridized carbons (Fsp3) is 0.222. The summed E-state index contributed by atoms with van der Waals surface area (Å²) >= 11 is 11.8. The average molecular weight is 243 g/mol. The number of rotatable bonds is 2. The van der Waals surface area contributed by atoms with Crippen LogP contribution in [0.25, 0.3) is 0 Å². The third-order valence-corrected chi connectivity index (χ3v) is 2.63. The molecule has 1 heterocycles. The summed E-state index contributed by atoms with van der Waals surface area (Å²) in [6, 6.07) is 5.37. The van der Waals surface area contributed by atoms with Crippen molar-refractivity contribution < 1.29 is 0 Å². The molecule has 1 aromatic heterocycles. The van der Waals surface area contributed by atoms with Crippen LogP contribution in [0.4, 0.5) is 0 Å². The van der Waals surface area contributed by atoms with Crippen LogP contribution in [-0.4, -0.2) is 20.2 Å². The molecule has 0 atom stereocenters. The first kappa shape index (κ1) is 10.4. The minimum absolute atomic E-state index is 0.550. The maximum atomic E-state index is 6.03. The molecular formula is C9H8Cl2N4. The second-order valence-corrected chi connectivity index (χ2v) is 3.96. The Labute approximate surface area is 96.8 Å². The van der Waals surface area contributed by atoms with Crippen LogP contribution in [0.5, 0.6) is 0 Å². The fourth-order valence-corrected chi connectivity index (χ4v) is 1.67. The molecular weight excluding hydrogens is 235 g/mol. The maximum absolute atomic E-state index is 6.03. The van der Waals surface area contributed by atoms with Gasteiger partial charge in [0.15, 0.2) is 0 Å². The fourth-order valence-electron chi connectivity index (χ4n) is 1.21. The minimum atomic E-state index is 0.550. The molecule has 6 heteroatoms. The van der Waals surface area contributed by atoms with Gasteiger partial charge in [-0.25, -0.2) is 4.68 Å². The van der Waals surface area contributed by atoms with Gasteiger partial charge in [-0.3, -0.25) is 0 Å². The third kappa shape index (κ3) is 2.27. The Balaban J connectivity index is 2.29. The van der Waals surface area contributed by atoms with E-state index in [1.165, 1.54) is 0 Å². The van der Waals surface area contributed by atoms with Gasteiger partial charge in [-0.1, -0.05) is 29.3 Å². The first-order valence-electron chi connectivity index (χ1n) is 4.33. The van der Waals surface area contributed by atoms with Crippen molar-refractivity contribution in [1.82, 2.24) is 20.2 Å². The van der Waals surface area contributed by atoms with Crippen molar-refractivity contribution in [1.29, 1.82) is 0 Å². The molecule has 78 valence electrons. The van der Waals surface area contributed by atoms with E-state index in [1.54, 1.807) is 16.8 Å². The smallest absolute Gasteiger partial charge is 0.148 e. The normalized spacial score (nSPS) is 10.6. The molecule has 0 radical (unpaired) electrons. The molecule has 0 amide bonds. The molecule has 0 saturated carbocycles. The zero-order chi connectivity index (χ0) is 10.8. The Morgan fingerprint density at radius 2 is 2.13 bits per heavy atom. The molecule has 15 heavy (non-hydrogen) atoms. The van der Waals surface area contributed by atoms with Gasteiger partial charge in [-0.05, 0) is 35.0 Å². The third-order valence-electron chi connectivity index (χ3n) is 2.05. The molecule has 0 saturated heterocycles. The van der Waals surface area contributed by atoms with E-state index in [9.17, 15) is 0 Å². The molecule has 2 rings (SSSR count). The Bertz CT molecular complexity index is 481. The number of aromatic nitrogens is 4. The summed E-state index contributed by atoms with van der Waals surface area (Å²) in [5.74, 6) is 0.751. The molecule has 0 fully saturated rings. The highest BCUT2D eigenvalue weighted by atomic mass is 35.5. The van der Waals surface area contributed by atoms with E-state index in [1.807, 2.05) is 13.0 Å². The number of hydrogen-bond donors (Lipinski definition) is 0. The van der Waals surface area contributed by atoms with Crippen LogP contribution in [0.2, 0.25) is 10.0 Å². The monoisotopic (exact) mass is 242 g/mol. The molecule has 0 N–H and O–H groups in total. The molecule has 0 aliphatic heterocycles. The molecule has 0 bridgehead atoms. The summed E-state index contributed by atoms with van der Waals surface area (Å²) in [6.07, 6.45) is 0. The van der Waals surface area contributed by atoms with Crippen LogP contribution < -0.4 is 0 Å². The van der Waals surface area contributed by atoms with Gasteiger partial charge in [0.2, 0.25) is 0 Å². The van der Waals surface area contributed by atoms with Gasteiger partial charge in [-0.2, -0.15) is 0 Å². The van der Waals surface area contributed by atoms with E-state index >= 15 is 0 Å². The number of aryl methyl sites for hydroxylation is 1. The number of halogens is 2. The quantitative estimate of drug-likeness (QED) is 0.812. The van der Waals surface area contributed by atoms with Gasteiger partial charge in [-0.15, -0.1) is 5.10 Å². The van der Waals surface area contributed by atoms with Gasteiger partial charge in [0, 0.05) is 10.0 Å². The molecule has 2 aromatic rings. The van der Waals surface area contributed by atoms with E-state index < -0.39 is 0 Å². The topological polar surface area (TPSA) is 43.6 Å². The van der Waals surface area contributed by atoms with Crippen LogP contribution in [-0.2, 0) is 6.54 Å². The lowest BCUT2D eigenvalue weighted by Gasteiger charge is -2.04. The van der Waals surface area contributed by atoms with E-state index in [4.69, 9.17) is 23.2 Å².